The second kappa shape index (κ2) is 3.51. The van der Waals surface area contributed by atoms with Gasteiger partial charge in [-0.25, -0.2) is 5.10 Å². The summed E-state index contributed by atoms with van der Waals surface area (Å²) in [5.41, 5.74) is 9.08. The molecule has 1 aromatic carbocycles. The standard InChI is InChI=1S/C10H12N4S/c1-6-4-3-5-8(7(6)2)14-9(11)12-13-10(14)15/h3-5H,1-2H3,(H2,11,12)(H,13,15). The number of hydrogen-bond acceptors (Lipinski definition) is 3. The van der Waals surface area contributed by atoms with E-state index >= 15 is 0 Å². The summed E-state index contributed by atoms with van der Waals surface area (Å²) >= 11 is 5.12. The van der Waals surface area contributed by atoms with Gasteiger partial charge in [0, 0.05) is 0 Å². The van der Waals surface area contributed by atoms with E-state index in [4.69, 9.17) is 18.0 Å². The zero-order chi connectivity index (χ0) is 11.0. The summed E-state index contributed by atoms with van der Waals surface area (Å²) in [6, 6.07) is 6.01. The number of anilines is 1. The van der Waals surface area contributed by atoms with Crippen molar-refractivity contribution in [2.45, 2.75) is 13.8 Å². The van der Waals surface area contributed by atoms with E-state index in [-0.39, 0.29) is 0 Å². The summed E-state index contributed by atoms with van der Waals surface area (Å²) in [6.07, 6.45) is 0. The molecule has 0 radical (unpaired) electrons. The van der Waals surface area contributed by atoms with Crippen LogP contribution in [0.2, 0.25) is 0 Å². The molecule has 3 N–H and O–H groups in total. The maximum absolute atomic E-state index is 5.75. The Balaban J connectivity index is 2.75. The largest absolute Gasteiger partial charge is 0.368 e. The number of aromatic nitrogens is 3. The molecule has 0 amide bonds. The van der Waals surface area contributed by atoms with Gasteiger partial charge in [-0.05, 0) is 43.3 Å². The Hall–Kier alpha value is -1.62. The summed E-state index contributed by atoms with van der Waals surface area (Å²) in [4.78, 5) is 0. The highest BCUT2D eigenvalue weighted by Gasteiger charge is 2.08. The fourth-order valence-electron chi connectivity index (χ4n) is 1.52. The van der Waals surface area contributed by atoms with Crippen LogP contribution in [0.5, 0.6) is 0 Å². The lowest BCUT2D eigenvalue weighted by Gasteiger charge is -2.09. The van der Waals surface area contributed by atoms with Crippen molar-refractivity contribution < 1.29 is 0 Å². The zero-order valence-electron chi connectivity index (χ0n) is 8.61. The van der Waals surface area contributed by atoms with Crippen LogP contribution in [0.3, 0.4) is 0 Å². The van der Waals surface area contributed by atoms with Crippen LogP contribution < -0.4 is 5.73 Å². The van der Waals surface area contributed by atoms with Gasteiger partial charge in [-0.3, -0.25) is 4.57 Å². The second-order valence-corrected chi connectivity index (χ2v) is 3.83. The summed E-state index contributed by atoms with van der Waals surface area (Å²) < 4.78 is 2.25. The molecule has 15 heavy (non-hydrogen) atoms. The van der Waals surface area contributed by atoms with Crippen LogP contribution in [0.4, 0.5) is 5.95 Å². The van der Waals surface area contributed by atoms with E-state index in [1.165, 1.54) is 5.56 Å². The predicted molar refractivity (Wildman–Crippen MR) is 62.6 cm³/mol. The normalized spacial score (nSPS) is 10.5. The number of rotatable bonds is 1. The highest BCUT2D eigenvalue weighted by Crippen LogP contribution is 2.19. The van der Waals surface area contributed by atoms with Gasteiger partial charge in [-0.2, -0.15) is 0 Å². The quantitative estimate of drug-likeness (QED) is 0.724. The molecule has 2 aromatic rings. The number of nitrogens with zero attached hydrogens (tertiary/aromatic N) is 2. The Morgan fingerprint density at radius 3 is 2.73 bits per heavy atom. The first kappa shape index (κ1) is 9.92. The monoisotopic (exact) mass is 220 g/mol. The lowest BCUT2D eigenvalue weighted by Crippen LogP contribution is -2.03. The molecule has 0 aliphatic heterocycles. The van der Waals surface area contributed by atoms with Crippen molar-refractivity contribution in [2.75, 3.05) is 5.73 Å². The van der Waals surface area contributed by atoms with Crippen LogP contribution in [0.25, 0.3) is 5.69 Å². The van der Waals surface area contributed by atoms with Crippen molar-refractivity contribution in [3.63, 3.8) is 0 Å². The molecule has 5 heteroatoms. The smallest absolute Gasteiger partial charge is 0.225 e. The van der Waals surface area contributed by atoms with E-state index in [0.29, 0.717) is 10.7 Å². The van der Waals surface area contributed by atoms with Gasteiger partial charge in [0.2, 0.25) is 10.7 Å². The maximum Gasteiger partial charge on any atom is 0.225 e. The first-order chi connectivity index (χ1) is 7.11. The van der Waals surface area contributed by atoms with Crippen molar-refractivity contribution in [1.82, 2.24) is 14.8 Å². The molecule has 1 aromatic heterocycles. The Bertz CT molecular complexity index is 553. The maximum atomic E-state index is 5.75. The van der Waals surface area contributed by atoms with E-state index in [1.54, 1.807) is 4.57 Å². The molecule has 0 saturated heterocycles. The van der Waals surface area contributed by atoms with Crippen LogP contribution in [0.15, 0.2) is 18.2 Å². The number of aryl methyl sites for hydroxylation is 1. The summed E-state index contributed by atoms with van der Waals surface area (Å²) in [5.74, 6) is 0.383. The van der Waals surface area contributed by atoms with Gasteiger partial charge in [-0.15, -0.1) is 5.10 Å². The SMILES string of the molecule is Cc1cccc(-n2c(N)n[nH]c2=S)c1C. The fraction of sp³-hybridized carbons (Fsp3) is 0.200. The van der Waals surface area contributed by atoms with Crippen LogP contribution in [0, 0.1) is 18.6 Å². The van der Waals surface area contributed by atoms with Gasteiger partial charge in [0.15, 0.2) is 0 Å². The highest BCUT2D eigenvalue weighted by molar-refractivity contribution is 7.71. The molecule has 0 aliphatic carbocycles. The molecule has 0 fully saturated rings. The molecule has 78 valence electrons. The molecule has 4 nitrogen and oxygen atoms in total. The minimum atomic E-state index is 0.383. The Morgan fingerprint density at radius 2 is 2.13 bits per heavy atom. The van der Waals surface area contributed by atoms with Crippen molar-refractivity contribution in [1.29, 1.82) is 0 Å². The topological polar surface area (TPSA) is 59.6 Å². The predicted octanol–water partition coefficient (Wildman–Crippen LogP) is 2.13. The van der Waals surface area contributed by atoms with Crippen molar-refractivity contribution >= 4 is 18.2 Å². The molecule has 0 atom stereocenters. The molecule has 0 spiro atoms. The average Bonchev–Trinajstić information content (AvgIpc) is 2.52. The molecule has 1 heterocycles. The number of nitrogens with one attached hydrogen (secondary N) is 1. The lowest BCUT2D eigenvalue weighted by atomic mass is 10.1. The van der Waals surface area contributed by atoms with E-state index in [9.17, 15) is 0 Å². The van der Waals surface area contributed by atoms with Gasteiger partial charge < -0.3 is 5.73 Å². The number of hydrogen-bond donors (Lipinski definition) is 2. The van der Waals surface area contributed by atoms with Crippen LogP contribution >= 0.6 is 12.2 Å². The zero-order valence-corrected chi connectivity index (χ0v) is 9.43. The van der Waals surface area contributed by atoms with E-state index in [1.807, 2.05) is 19.1 Å². The highest BCUT2D eigenvalue weighted by atomic mass is 32.1. The van der Waals surface area contributed by atoms with Crippen LogP contribution in [-0.2, 0) is 0 Å². The Kier molecular flexibility index (Phi) is 2.32. The van der Waals surface area contributed by atoms with E-state index < -0.39 is 0 Å². The number of nitrogen functional groups attached to an aromatic ring is 1. The van der Waals surface area contributed by atoms with Gasteiger partial charge >= 0.3 is 0 Å². The fourth-order valence-corrected chi connectivity index (χ4v) is 1.76. The summed E-state index contributed by atoms with van der Waals surface area (Å²) in [5, 5.41) is 6.56. The average molecular weight is 220 g/mol. The van der Waals surface area contributed by atoms with Crippen molar-refractivity contribution in [3.8, 4) is 5.69 Å². The van der Waals surface area contributed by atoms with Crippen LogP contribution in [0.1, 0.15) is 11.1 Å². The van der Waals surface area contributed by atoms with Gasteiger partial charge in [0.1, 0.15) is 0 Å². The molecular weight excluding hydrogens is 208 g/mol. The minimum Gasteiger partial charge on any atom is -0.368 e. The molecule has 0 saturated carbocycles. The van der Waals surface area contributed by atoms with E-state index in [2.05, 4.69) is 23.2 Å². The number of H-pyrrole nitrogens is 1. The third kappa shape index (κ3) is 1.55. The number of aromatic amines is 1. The molecule has 0 unspecified atom stereocenters. The molecule has 2 rings (SSSR count). The summed E-state index contributed by atoms with van der Waals surface area (Å²) in [6.45, 7) is 4.09. The number of benzene rings is 1. The van der Waals surface area contributed by atoms with Gasteiger partial charge in [0.25, 0.3) is 0 Å². The van der Waals surface area contributed by atoms with Crippen molar-refractivity contribution in [2.24, 2.45) is 0 Å². The first-order valence-corrected chi connectivity index (χ1v) is 5.01. The molecule has 0 bridgehead atoms. The third-order valence-corrected chi connectivity index (χ3v) is 2.79. The van der Waals surface area contributed by atoms with E-state index in [0.717, 1.165) is 11.3 Å². The first-order valence-electron chi connectivity index (χ1n) is 4.60. The van der Waals surface area contributed by atoms with Crippen molar-refractivity contribution in [3.05, 3.63) is 34.1 Å². The Morgan fingerprint density at radius 1 is 1.40 bits per heavy atom. The van der Waals surface area contributed by atoms with Crippen LogP contribution in [-0.4, -0.2) is 14.8 Å². The number of nitrogens with two attached hydrogens (primary N) is 1. The molecular formula is C10H12N4S. The van der Waals surface area contributed by atoms with Gasteiger partial charge in [0.05, 0.1) is 5.69 Å². The second-order valence-electron chi connectivity index (χ2n) is 3.44. The third-order valence-electron chi connectivity index (χ3n) is 2.52. The minimum absolute atomic E-state index is 0.383. The lowest BCUT2D eigenvalue weighted by molar-refractivity contribution is 1.02. The summed E-state index contributed by atoms with van der Waals surface area (Å²) in [7, 11) is 0. The Labute approximate surface area is 92.7 Å². The van der Waals surface area contributed by atoms with Gasteiger partial charge in [-0.1, -0.05) is 12.1 Å². The molecule has 0 aliphatic rings.